The fraction of sp³-hybridized carbons (Fsp3) is 0.545. The highest BCUT2D eigenvalue weighted by molar-refractivity contribution is 5.99. The molecular weight excluding hydrogens is 534 g/mol. The topological polar surface area (TPSA) is 99.6 Å². The van der Waals surface area contributed by atoms with E-state index < -0.39 is 23.8 Å². The number of carbonyl (C=O) groups is 3. The van der Waals surface area contributed by atoms with Crippen molar-refractivity contribution in [1.29, 1.82) is 0 Å². The number of nitrogens with zero attached hydrogens (tertiary/aromatic N) is 3. The molecule has 0 aromatic heterocycles. The number of benzene rings is 2. The van der Waals surface area contributed by atoms with Crippen molar-refractivity contribution < 1.29 is 29.0 Å². The van der Waals surface area contributed by atoms with Gasteiger partial charge in [0.15, 0.2) is 5.78 Å². The SMILES string of the molecule is C[C@H](OCc1ccccc1)[C@H](C(=O)N1CCN(CCCOc2ccc(C(=O)C3CC3)cc2)CC1)N(C(=O)O)C(C)(C)C. The Labute approximate surface area is 249 Å². The summed E-state index contributed by atoms with van der Waals surface area (Å²) in [7, 11) is 0. The maximum Gasteiger partial charge on any atom is 0.408 e. The Morgan fingerprint density at radius 3 is 2.19 bits per heavy atom. The highest BCUT2D eigenvalue weighted by Crippen LogP contribution is 2.33. The molecule has 9 heteroatoms. The maximum absolute atomic E-state index is 13.9. The van der Waals surface area contributed by atoms with Gasteiger partial charge < -0.3 is 19.5 Å². The van der Waals surface area contributed by atoms with Crippen LogP contribution in [0, 0.1) is 5.92 Å². The minimum atomic E-state index is -1.14. The Bertz CT molecular complexity index is 1180. The number of ether oxygens (including phenoxy) is 2. The van der Waals surface area contributed by atoms with E-state index in [1.165, 1.54) is 4.90 Å². The summed E-state index contributed by atoms with van der Waals surface area (Å²) in [5.74, 6) is 0.979. The lowest BCUT2D eigenvalue weighted by Crippen LogP contribution is -2.63. The Morgan fingerprint density at radius 1 is 0.976 bits per heavy atom. The van der Waals surface area contributed by atoms with Gasteiger partial charge in [-0.2, -0.15) is 0 Å². The average molecular weight is 580 g/mol. The Hall–Kier alpha value is -3.43. The summed E-state index contributed by atoms with van der Waals surface area (Å²) in [4.78, 5) is 43.7. The van der Waals surface area contributed by atoms with Crippen molar-refractivity contribution in [2.75, 3.05) is 39.3 Å². The van der Waals surface area contributed by atoms with Gasteiger partial charge in [0.2, 0.25) is 5.91 Å². The van der Waals surface area contributed by atoms with Crippen LogP contribution in [0.15, 0.2) is 54.6 Å². The van der Waals surface area contributed by atoms with E-state index in [0.29, 0.717) is 39.4 Å². The Balaban J connectivity index is 1.27. The standard InChI is InChI=1S/C33H45N3O6/c1-24(42-23-25-9-6-5-7-10-25)29(36(32(39)40)33(2,3)4)31(38)35-20-18-34(19-21-35)17-8-22-41-28-15-13-27(14-16-28)30(37)26-11-12-26/h5-7,9-10,13-16,24,26,29H,8,11-12,17-23H2,1-4H3,(H,39,40)/t24-,29+/m0/s1. The number of ketones is 1. The van der Waals surface area contributed by atoms with Crippen molar-refractivity contribution in [3.63, 3.8) is 0 Å². The first-order chi connectivity index (χ1) is 20.0. The van der Waals surface area contributed by atoms with E-state index >= 15 is 0 Å². The average Bonchev–Trinajstić information content (AvgIpc) is 3.82. The molecule has 2 amide bonds. The smallest absolute Gasteiger partial charge is 0.408 e. The molecule has 0 unspecified atom stereocenters. The van der Waals surface area contributed by atoms with Crippen molar-refractivity contribution in [1.82, 2.24) is 14.7 Å². The van der Waals surface area contributed by atoms with E-state index in [-0.39, 0.29) is 17.6 Å². The zero-order valence-electron chi connectivity index (χ0n) is 25.3. The van der Waals surface area contributed by atoms with Crippen LogP contribution in [0.2, 0.25) is 0 Å². The van der Waals surface area contributed by atoms with Gasteiger partial charge in [0.1, 0.15) is 11.8 Å². The molecule has 1 saturated heterocycles. The third kappa shape index (κ3) is 8.55. The van der Waals surface area contributed by atoms with Gasteiger partial charge in [0, 0.05) is 49.7 Å². The summed E-state index contributed by atoms with van der Waals surface area (Å²) in [6, 6.07) is 16.1. The van der Waals surface area contributed by atoms with Crippen molar-refractivity contribution >= 4 is 17.8 Å². The molecule has 1 aliphatic carbocycles. The maximum atomic E-state index is 13.9. The molecule has 2 atom stereocenters. The van der Waals surface area contributed by atoms with E-state index in [4.69, 9.17) is 9.47 Å². The quantitative estimate of drug-likeness (QED) is 0.265. The van der Waals surface area contributed by atoms with Crippen molar-refractivity contribution in [3.8, 4) is 5.75 Å². The van der Waals surface area contributed by atoms with Gasteiger partial charge in [-0.05, 0) is 76.8 Å². The number of hydrogen-bond acceptors (Lipinski definition) is 6. The molecule has 0 radical (unpaired) electrons. The van der Waals surface area contributed by atoms with Crippen LogP contribution >= 0.6 is 0 Å². The molecule has 2 aromatic rings. The number of amides is 2. The van der Waals surface area contributed by atoms with Crippen LogP contribution < -0.4 is 4.74 Å². The summed E-state index contributed by atoms with van der Waals surface area (Å²) in [6.07, 6.45) is 1.06. The first-order valence-electron chi connectivity index (χ1n) is 15.0. The predicted molar refractivity (Wildman–Crippen MR) is 161 cm³/mol. The molecule has 2 fully saturated rings. The summed E-state index contributed by atoms with van der Waals surface area (Å²) < 4.78 is 12.0. The molecule has 4 rings (SSSR count). The molecule has 9 nitrogen and oxygen atoms in total. The van der Waals surface area contributed by atoms with Crippen LogP contribution in [0.25, 0.3) is 0 Å². The number of rotatable bonds is 13. The number of carbonyl (C=O) groups excluding carboxylic acids is 2. The summed E-state index contributed by atoms with van der Waals surface area (Å²) in [6.45, 7) is 11.3. The number of piperazine rings is 1. The van der Waals surface area contributed by atoms with E-state index in [0.717, 1.165) is 42.7 Å². The number of carboxylic acid groups (broad SMARTS) is 1. The molecule has 1 heterocycles. The summed E-state index contributed by atoms with van der Waals surface area (Å²) >= 11 is 0. The molecule has 228 valence electrons. The molecule has 1 N–H and O–H groups in total. The lowest BCUT2D eigenvalue weighted by molar-refractivity contribution is -0.147. The summed E-state index contributed by atoms with van der Waals surface area (Å²) in [5.41, 5.74) is 0.933. The van der Waals surface area contributed by atoms with Crippen LogP contribution in [0.1, 0.15) is 62.9 Å². The van der Waals surface area contributed by atoms with E-state index in [1.54, 1.807) is 32.6 Å². The third-order valence-corrected chi connectivity index (χ3v) is 7.92. The normalized spacial score (nSPS) is 17.4. The lowest BCUT2D eigenvalue weighted by atomic mass is 9.99. The van der Waals surface area contributed by atoms with Crippen LogP contribution in [-0.2, 0) is 16.1 Å². The Kier molecular flexibility index (Phi) is 10.6. The molecule has 1 aliphatic heterocycles. The van der Waals surface area contributed by atoms with Crippen molar-refractivity contribution in [2.24, 2.45) is 5.92 Å². The second-order valence-corrected chi connectivity index (χ2v) is 12.3. The van der Waals surface area contributed by atoms with E-state index in [1.807, 2.05) is 54.6 Å². The van der Waals surface area contributed by atoms with Crippen molar-refractivity contribution in [3.05, 3.63) is 65.7 Å². The second-order valence-electron chi connectivity index (χ2n) is 12.3. The first-order valence-corrected chi connectivity index (χ1v) is 15.0. The summed E-state index contributed by atoms with van der Waals surface area (Å²) in [5, 5.41) is 10.1. The van der Waals surface area contributed by atoms with Crippen LogP contribution in [0.4, 0.5) is 4.79 Å². The van der Waals surface area contributed by atoms with Gasteiger partial charge in [-0.1, -0.05) is 30.3 Å². The van der Waals surface area contributed by atoms with Gasteiger partial charge in [0.05, 0.1) is 19.3 Å². The van der Waals surface area contributed by atoms with Gasteiger partial charge in [0.25, 0.3) is 0 Å². The zero-order chi connectivity index (χ0) is 30.3. The van der Waals surface area contributed by atoms with Gasteiger partial charge in [-0.25, -0.2) is 4.79 Å². The Morgan fingerprint density at radius 2 is 1.62 bits per heavy atom. The zero-order valence-corrected chi connectivity index (χ0v) is 25.3. The largest absolute Gasteiger partial charge is 0.494 e. The fourth-order valence-corrected chi connectivity index (χ4v) is 5.39. The number of hydrogen-bond donors (Lipinski definition) is 1. The van der Waals surface area contributed by atoms with Gasteiger partial charge in [-0.3, -0.25) is 19.4 Å². The third-order valence-electron chi connectivity index (χ3n) is 7.92. The molecule has 2 aromatic carbocycles. The molecule has 0 spiro atoms. The van der Waals surface area contributed by atoms with Crippen LogP contribution in [-0.4, -0.2) is 94.6 Å². The first kappa shape index (κ1) is 31.5. The predicted octanol–water partition coefficient (Wildman–Crippen LogP) is 4.94. The molecule has 42 heavy (non-hydrogen) atoms. The van der Waals surface area contributed by atoms with Crippen LogP contribution in [0.3, 0.4) is 0 Å². The van der Waals surface area contributed by atoms with Gasteiger partial charge in [-0.15, -0.1) is 0 Å². The molecule has 2 aliphatic rings. The monoisotopic (exact) mass is 579 g/mol. The minimum absolute atomic E-state index is 0.212. The van der Waals surface area contributed by atoms with Crippen molar-refractivity contribution in [2.45, 2.75) is 71.2 Å². The van der Waals surface area contributed by atoms with E-state index in [2.05, 4.69) is 4.90 Å². The lowest BCUT2D eigenvalue weighted by Gasteiger charge is -2.44. The van der Waals surface area contributed by atoms with Gasteiger partial charge >= 0.3 is 6.09 Å². The second kappa shape index (κ2) is 14.2. The molecular formula is C33H45N3O6. The van der Waals surface area contributed by atoms with Crippen LogP contribution in [0.5, 0.6) is 5.75 Å². The minimum Gasteiger partial charge on any atom is -0.494 e. The number of Topliss-reactive ketones (excluding diaryl/α,β-unsaturated/α-hetero) is 1. The van der Waals surface area contributed by atoms with E-state index in [9.17, 15) is 19.5 Å². The molecule has 0 bridgehead atoms. The highest BCUT2D eigenvalue weighted by Gasteiger charge is 2.43. The fourth-order valence-electron chi connectivity index (χ4n) is 5.39. The molecule has 1 saturated carbocycles. The highest BCUT2D eigenvalue weighted by atomic mass is 16.5.